The van der Waals surface area contributed by atoms with Crippen LogP contribution in [-0.4, -0.2) is 0 Å². The van der Waals surface area contributed by atoms with Gasteiger partial charge in [0.25, 0.3) is 0 Å². The molecule has 62 valence electrons. The van der Waals surface area contributed by atoms with E-state index in [-0.39, 0.29) is 0 Å². The lowest BCUT2D eigenvalue weighted by atomic mass is 10.1. The molecule has 0 fully saturated rings. The molecule has 0 radical (unpaired) electrons. The third kappa shape index (κ3) is 3.66. The quantitative estimate of drug-likeness (QED) is 0.617. The molecule has 0 aromatic heterocycles. The van der Waals surface area contributed by atoms with Crippen molar-refractivity contribution in [2.24, 2.45) is 5.73 Å². The van der Waals surface area contributed by atoms with E-state index in [2.05, 4.69) is 19.6 Å². The van der Waals surface area contributed by atoms with Crippen LogP contribution in [0.1, 0.15) is 27.2 Å². The monoisotopic (exact) mass is 151 g/mol. The van der Waals surface area contributed by atoms with Crippen LogP contribution in [0.15, 0.2) is 35.6 Å². The van der Waals surface area contributed by atoms with E-state index in [1.807, 2.05) is 19.9 Å². The van der Waals surface area contributed by atoms with E-state index in [0.717, 1.165) is 23.3 Å². The summed E-state index contributed by atoms with van der Waals surface area (Å²) in [4.78, 5) is 0. The number of rotatable bonds is 3. The highest BCUT2D eigenvalue weighted by atomic mass is 14.6. The zero-order chi connectivity index (χ0) is 8.85. The number of nitrogens with two attached hydrogens (primary N) is 1. The predicted octanol–water partition coefficient (Wildman–Crippen LogP) is 2.76. The highest BCUT2D eigenvalue weighted by molar-refractivity contribution is 5.39. The molecule has 0 spiro atoms. The Kier molecular flexibility index (Phi) is 4.35. The van der Waals surface area contributed by atoms with E-state index in [9.17, 15) is 0 Å². The number of hydrogen-bond donors (Lipinski definition) is 1. The molecule has 0 heterocycles. The zero-order valence-electron chi connectivity index (χ0n) is 7.65. The van der Waals surface area contributed by atoms with Gasteiger partial charge in [0.2, 0.25) is 0 Å². The molecule has 11 heavy (non-hydrogen) atoms. The Morgan fingerprint density at radius 1 is 1.45 bits per heavy atom. The molecule has 2 N–H and O–H groups in total. The van der Waals surface area contributed by atoms with Gasteiger partial charge in [-0.3, -0.25) is 0 Å². The standard InChI is InChI=1S/C10H17N/c1-5-6-7-10(8(2)3)9(4)11/h6-7H,2,5,11H2,1,3-4H3/b7-6-,10-9-. The second-order valence-corrected chi connectivity index (χ2v) is 2.69. The van der Waals surface area contributed by atoms with Crippen LogP contribution in [0, 0.1) is 0 Å². The summed E-state index contributed by atoms with van der Waals surface area (Å²) in [7, 11) is 0. The number of allylic oxidation sites excluding steroid dienone is 5. The van der Waals surface area contributed by atoms with E-state index in [1.165, 1.54) is 0 Å². The van der Waals surface area contributed by atoms with Crippen LogP contribution in [0.4, 0.5) is 0 Å². The summed E-state index contributed by atoms with van der Waals surface area (Å²) in [5, 5.41) is 0. The fourth-order valence-electron chi connectivity index (χ4n) is 0.846. The first-order valence-corrected chi connectivity index (χ1v) is 3.88. The van der Waals surface area contributed by atoms with Gasteiger partial charge in [-0.15, -0.1) is 0 Å². The predicted molar refractivity (Wildman–Crippen MR) is 51.1 cm³/mol. The zero-order valence-corrected chi connectivity index (χ0v) is 7.65. The van der Waals surface area contributed by atoms with Crippen molar-refractivity contribution < 1.29 is 0 Å². The fourth-order valence-corrected chi connectivity index (χ4v) is 0.846. The molecular formula is C10H17N. The van der Waals surface area contributed by atoms with Crippen LogP contribution >= 0.6 is 0 Å². The van der Waals surface area contributed by atoms with Crippen molar-refractivity contribution in [2.45, 2.75) is 27.2 Å². The molecule has 0 aliphatic rings. The summed E-state index contributed by atoms with van der Waals surface area (Å²) in [5.41, 5.74) is 8.57. The van der Waals surface area contributed by atoms with E-state index < -0.39 is 0 Å². The average molecular weight is 151 g/mol. The topological polar surface area (TPSA) is 26.0 Å². The Morgan fingerprint density at radius 2 is 2.00 bits per heavy atom. The molecule has 0 saturated carbocycles. The third-order valence-electron chi connectivity index (χ3n) is 1.40. The van der Waals surface area contributed by atoms with Crippen LogP contribution in [0.2, 0.25) is 0 Å². The van der Waals surface area contributed by atoms with Gasteiger partial charge in [0.05, 0.1) is 0 Å². The Morgan fingerprint density at radius 3 is 2.27 bits per heavy atom. The van der Waals surface area contributed by atoms with Gasteiger partial charge in [-0.1, -0.05) is 25.7 Å². The summed E-state index contributed by atoms with van der Waals surface area (Å²) in [5.74, 6) is 0. The molecule has 0 aliphatic carbocycles. The highest BCUT2D eigenvalue weighted by Crippen LogP contribution is 2.11. The lowest BCUT2D eigenvalue weighted by Crippen LogP contribution is -1.96. The Hall–Kier alpha value is -0.980. The maximum atomic E-state index is 5.65. The summed E-state index contributed by atoms with van der Waals surface area (Å²) < 4.78 is 0. The molecular weight excluding hydrogens is 134 g/mol. The molecule has 0 aliphatic heterocycles. The molecule has 0 unspecified atom stereocenters. The van der Waals surface area contributed by atoms with Crippen LogP contribution in [0.3, 0.4) is 0 Å². The van der Waals surface area contributed by atoms with Crippen molar-refractivity contribution in [3.8, 4) is 0 Å². The molecule has 0 saturated heterocycles. The van der Waals surface area contributed by atoms with Crippen LogP contribution in [0.5, 0.6) is 0 Å². The molecule has 0 aromatic carbocycles. The molecule has 0 bridgehead atoms. The van der Waals surface area contributed by atoms with Crippen LogP contribution in [0.25, 0.3) is 0 Å². The lowest BCUT2D eigenvalue weighted by Gasteiger charge is -2.02. The average Bonchev–Trinajstić information content (AvgIpc) is 1.87. The van der Waals surface area contributed by atoms with Crippen molar-refractivity contribution in [2.75, 3.05) is 0 Å². The second kappa shape index (κ2) is 4.78. The SMILES string of the molecule is C=C(C)C(/C=C\CC)=C(/C)N. The van der Waals surface area contributed by atoms with E-state index in [1.54, 1.807) is 0 Å². The van der Waals surface area contributed by atoms with Gasteiger partial charge >= 0.3 is 0 Å². The Balaban J connectivity index is 4.51. The normalized spacial score (nSPS) is 13.4. The van der Waals surface area contributed by atoms with Gasteiger partial charge in [-0.2, -0.15) is 0 Å². The summed E-state index contributed by atoms with van der Waals surface area (Å²) in [6, 6.07) is 0. The maximum absolute atomic E-state index is 5.65. The fraction of sp³-hybridized carbons (Fsp3) is 0.400. The minimum Gasteiger partial charge on any atom is -0.402 e. The van der Waals surface area contributed by atoms with E-state index in [4.69, 9.17) is 5.73 Å². The van der Waals surface area contributed by atoms with Crippen LogP contribution < -0.4 is 5.73 Å². The highest BCUT2D eigenvalue weighted by Gasteiger charge is 1.94. The molecule has 1 heteroatoms. The van der Waals surface area contributed by atoms with Crippen molar-refractivity contribution in [3.63, 3.8) is 0 Å². The van der Waals surface area contributed by atoms with Gasteiger partial charge in [0.15, 0.2) is 0 Å². The second-order valence-electron chi connectivity index (χ2n) is 2.69. The van der Waals surface area contributed by atoms with Crippen molar-refractivity contribution in [1.82, 2.24) is 0 Å². The Labute approximate surface area is 69.3 Å². The summed E-state index contributed by atoms with van der Waals surface area (Å²) in [6.45, 7) is 9.79. The van der Waals surface area contributed by atoms with Gasteiger partial charge < -0.3 is 5.73 Å². The van der Waals surface area contributed by atoms with Gasteiger partial charge in [-0.05, 0) is 31.4 Å². The van der Waals surface area contributed by atoms with Gasteiger partial charge in [0.1, 0.15) is 0 Å². The molecule has 1 nitrogen and oxygen atoms in total. The Bertz CT molecular complexity index is 193. The van der Waals surface area contributed by atoms with Crippen molar-refractivity contribution in [1.29, 1.82) is 0 Å². The minimum absolute atomic E-state index is 0.835. The van der Waals surface area contributed by atoms with Gasteiger partial charge in [0, 0.05) is 5.70 Å². The van der Waals surface area contributed by atoms with E-state index >= 15 is 0 Å². The minimum atomic E-state index is 0.835. The smallest absolute Gasteiger partial charge is 0.0125 e. The largest absolute Gasteiger partial charge is 0.402 e. The molecule has 0 atom stereocenters. The summed E-state index contributed by atoms with van der Waals surface area (Å²) in [6.07, 6.45) is 5.14. The van der Waals surface area contributed by atoms with Crippen molar-refractivity contribution >= 4 is 0 Å². The lowest BCUT2D eigenvalue weighted by molar-refractivity contribution is 1.19. The van der Waals surface area contributed by atoms with Crippen LogP contribution in [-0.2, 0) is 0 Å². The van der Waals surface area contributed by atoms with Crippen molar-refractivity contribution in [3.05, 3.63) is 35.6 Å². The first-order valence-electron chi connectivity index (χ1n) is 3.88. The molecule has 0 aromatic rings. The first-order chi connectivity index (χ1) is 5.09. The van der Waals surface area contributed by atoms with Gasteiger partial charge in [-0.25, -0.2) is 0 Å². The maximum Gasteiger partial charge on any atom is 0.0125 e. The summed E-state index contributed by atoms with van der Waals surface area (Å²) >= 11 is 0. The first kappa shape index (κ1) is 10.0. The number of hydrogen-bond acceptors (Lipinski definition) is 1. The molecule has 0 rings (SSSR count). The molecule has 0 amide bonds. The van der Waals surface area contributed by atoms with E-state index in [0.29, 0.717) is 0 Å². The third-order valence-corrected chi connectivity index (χ3v) is 1.40.